The lowest BCUT2D eigenvalue weighted by Gasteiger charge is -2.43. The zero-order chi connectivity index (χ0) is 13.5. The van der Waals surface area contributed by atoms with Crippen molar-refractivity contribution in [3.05, 3.63) is 0 Å². The van der Waals surface area contributed by atoms with E-state index in [1.807, 2.05) is 0 Å². The lowest BCUT2D eigenvalue weighted by Crippen LogP contribution is -2.55. The molecule has 3 aliphatic rings. The molecule has 0 radical (unpaired) electrons. The molecule has 5 nitrogen and oxygen atoms in total. The molecule has 2 aliphatic heterocycles. The second-order valence-electron chi connectivity index (χ2n) is 6.43. The lowest BCUT2D eigenvalue weighted by molar-refractivity contribution is 0.132. The molecule has 0 N–H and O–H groups in total. The summed E-state index contributed by atoms with van der Waals surface area (Å²) in [5.74, 6) is 1.21. The highest BCUT2D eigenvalue weighted by atomic mass is 32.2. The van der Waals surface area contributed by atoms with Crippen molar-refractivity contribution >= 4 is 10.2 Å². The molecule has 0 aromatic heterocycles. The number of piperazine rings is 1. The van der Waals surface area contributed by atoms with E-state index in [2.05, 4.69) is 11.9 Å². The standard InChI is InChI=1S/C13H25N3O2S/c1-14-5-7-15(8-6-14)19(17,18)16-10-12-3-2-4-13(9-12)11-16/h12-13H,2-11H2,1H3. The molecule has 1 aliphatic carbocycles. The van der Waals surface area contributed by atoms with Crippen molar-refractivity contribution < 1.29 is 8.42 Å². The Hall–Kier alpha value is -0.170. The average Bonchev–Trinajstić information content (AvgIpc) is 2.38. The Kier molecular flexibility index (Phi) is 3.86. The fourth-order valence-corrected chi connectivity index (χ4v) is 5.50. The van der Waals surface area contributed by atoms with Crippen LogP contribution in [0.4, 0.5) is 0 Å². The zero-order valence-corrected chi connectivity index (χ0v) is 12.6. The van der Waals surface area contributed by atoms with E-state index in [-0.39, 0.29) is 0 Å². The van der Waals surface area contributed by atoms with Crippen LogP contribution in [0.3, 0.4) is 0 Å². The van der Waals surface area contributed by atoms with Gasteiger partial charge in [0.15, 0.2) is 0 Å². The summed E-state index contributed by atoms with van der Waals surface area (Å²) < 4.78 is 28.9. The third kappa shape index (κ3) is 2.82. The van der Waals surface area contributed by atoms with E-state index in [1.54, 1.807) is 8.61 Å². The van der Waals surface area contributed by atoms with Gasteiger partial charge in [-0.3, -0.25) is 0 Å². The van der Waals surface area contributed by atoms with E-state index in [0.29, 0.717) is 24.9 Å². The normalized spacial score (nSPS) is 35.4. The molecule has 2 saturated heterocycles. The van der Waals surface area contributed by atoms with Crippen molar-refractivity contribution in [1.82, 2.24) is 13.5 Å². The van der Waals surface area contributed by atoms with Crippen molar-refractivity contribution in [1.29, 1.82) is 0 Å². The number of piperidine rings is 1. The maximum atomic E-state index is 12.7. The van der Waals surface area contributed by atoms with Gasteiger partial charge in [0.25, 0.3) is 10.2 Å². The van der Waals surface area contributed by atoms with Crippen molar-refractivity contribution in [3.63, 3.8) is 0 Å². The number of likely N-dealkylation sites (N-methyl/N-ethyl adjacent to an activating group) is 1. The van der Waals surface area contributed by atoms with Crippen molar-refractivity contribution in [2.24, 2.45) is 11.8 Å². The summed E-state index contributed by atoms with van der Waals surface area (Å²) in [7, 11) is -1.16. The fourth-order valence-electron chi connectivity index (χ4n) is 3.75. The number of hydrogen-bond acceptors (Lipinski definition) is 3. The maximum absolute atomic E-state index is 12.7. The first kappa shape index (κ1) is 13.8. The first-order valence-electron chi connectivity index (χ1n) is 7.49. The first-order valence-corrected chi connectivity index (χ1v) is 8.89. The van der Waals surface area contributed by atoms with Crippen LogP contribution in [0.15, 0.2) is 0 Å². The Morgan fingerprint density at radius 2 is 1.47 bits per heavy atom. The molecule has 1 saturated carbocycles. The number of nitrogens with zero attached hydrogens (tertiary/aromatic N) is 3. The topological polar surface area (TPSA) is 43.9 Å². The van der Waals surface area contributed by atoms with Gasteiger partial charge in [0.1, 0.15) is 0 Å². The third-order valence-electron chi connectivity index (χ3n) is 4.93. The number of hydrogen-bond donors (Lipinski definition) is 0. The second kappa shape index (κ2) is 5.31. The van der Waals surface area contributed by atoms with E-state index in [9.17, 15) is 8.42 Å². The molecule has 0 aromatic carbocycles. The Bertz CT molecular complexity index is 406. The van der Waals surface area contributed by atoms with Gasteiger partial charge in [0, 0.05) is 39.3 Å². The van der Waals surface area contributed by atoms with Gasteiger partial charge in [-0.2, -0.15) is 17.0 Å². The Morgan fingerprint density at radius 3 is 2.05 bits per heavy atom. The van der Waals surface area contributed by atoms with E-state index in [1.165, 1.54) is 25.7 Å². The van der Waals surface area contributed by atoms with E-state index in [4.69, 9.17) is 0 Å². The molecule has 110 valence electrons. The monoisotopic (exact) mass is 287 g/mol. The van der Waals surface area contributed by atoms with Gasteiger partial charge in [0.2, 0.25) is 0 Å². The van der Waals surface area contributed by atoms with Crippen LogP contribution < -0.4 is 0 Å². The fraction of sp³-hybridized carbons (Fsp3) is 1.00. The van der Waals surface area contributed by atoms with Gasteiger partial charge in [-0.05, 0) is 38.1 Å². The molecule has 3 fully saturated rings. The highest BCUT2D eigenvalue weighted by Crippen LogP contribution is 2.35. The smallest absolute Gasteiger partial charge is 0.282 e. The van der Waals surface area contributed by atoms with Crippen molar-refractivity contribution in [2.45, 2.75) is 25.7 Å². The quantitative estimate of drug-likeness (QED) is 0.747. The molecule has 2 heterocycles. The number of fused-ring (bicyclic) bond motifs is 2. The minimum absolute atomic E-state index is 0.606. The lowest BCUT2D eigenvalue weighted by atomic mass is 9.79. The van der Waals surface area contributed by atoms with Crippen LogP contribution in [0.1, 0.15) is 25.7 Å². The van der Waals surface area contributed by atoms with Crippen LogP contribution in [-0.4, -0.2) is 68.2 Å². The van der Waals surface area contributed by atoms with E-state index in [0.717, 1.165) is 26.2 Å². The highest BCUT2D eigenvalue weighted by Gasteiger charge is 2.39. The Morgan fingerprint density at radius 1 is 0.895 bits per heavy atom. The summed E-state index contributed by atoms with van der Waals surface area (Å²) in [6, 6.07) is 0. The molecule has 2 unspecified atom stereocenters. The van der Waals surface area contributed by atoms with E-state index < -0.39 is 10.2 Å². The summed E-state index contributed by atoms with van der Waals surface area (Å²) >= 11 is 0. The van der Waals surface area contributed by atoms with Crippen LogP contribution in [0, 0.1) is 11.8 Å². The molecule has 0 aromatic rings. The van der Waals surface area contributed by atoms with Gasteiger partial charge < -0.3 is 4.90 Å². The number of rotatable bonds is 2. The zero-order valence-electron chi connectivity index (χ0n) is 11.8. The van der Waals surface area contributed by atoms with Crippen molar-refractivity contribution in [3.8, 4) is 0 Å². The first-order chi connectivity index (χ1) is 9.05. The van der Waals surface area contributed by atoms with Gasteiger partial charge in [-0.15, -0.1) is 0 Å². The molecule has 2 atom stereocenters. The summed E-state index contributed by atoms with van der Waals surface area (Å²) in [6.45, 7) is 4.49. The summed E-state index contributed by atoms with van der Waals surface area (Å²) in [5.41, 5.74) is 0. The third-order valence-corrected chi connectivity index (χ3v) is 6.90. The molecule has 19 heavy (non-hydrogen) atoms. The van der Waals surface area contributed by atoms with Crippen LogP contribution in [0.5, 0.6) is 0 Å². The van der Waals surface area contributed by atoms with Gasteiger partial charge in [-0.25, -0.2) is 0 Å². The Labute approximate surface area is 116 Å². The minimum Gasteiger partial charge on any atom is -0.304 e. The molecule has 3 rings (SSSR count). The summed E-state index contributed by atoms with van der Waals surface area (Å²) in [6.07, 6.45) is 4.96. The molecule has 6 heteroatoms. The predicted molar refractivity (Wildman–Crippen MR) is 75.0 cm³/mol. The largest absolute Gasteiger partial charge is 0.304 e. The predicted octanol–water partition coefficient (Wildman–Crippen LogP) is 0.601. The molecule has 0 spiro atoms. The molecular weight excluding hydrogens is 262 g/mol. The van der Waals surface area contributed by atoms with Gasteiger partial charge in [0.05, 0.1) is 0 Å². The molecular formula is C13H25N3O2S. The van der Waals surface area contributed by atoms with Crippen LogP contribution >= 0.6 is 0 Å². The van der Waals surface area contributed by atoms with E-state index >= 15 is 0 Å². The molecule has 0 amide bonds. The van der Waals surface area contributed by atoms with Crippen LogP contribution in [-0.2, 0) is 10.2 Å². The van der Waals surface area contributed by atoms with Gasteiger partial charge >= 0.3 is 0 Å². The maximum Gasteiger partial charge on any atom is 0.282 e. The van der Waals surface area contributed by atoms with Crippen LogP contribution in [0.2, 0.25) is 0 Å². The van der Waals surface area contributed by atoms with Gasteiger partial charge in [-0.1, -0.05) is 6.42 Å². The highest BCUT2D eigenvalue weighted by molar-refractivity contribution is 7.86. The SMILES string of the molecule is CN1CCN(S(=O)(=O)N2CC3CCCC(C3)C2)CC1. The second-order valence-corrected chi connectivity index (χ2v) is 8.35. The minimum atomic E-state index is -3.21. The van der Waals surface area contributed by atoms with Crippen LogP contribution in [0.25, 0.3) is 0 Å². The Balaban J connectivity index is 1.70. The molecule has 2 bridgehead atoms. The summed E-state index contributed by atoms with van der Waals surface area (Å²) in [4.78, 5) is 2.19. The van der Waals surface area contributed by atoms with Crippen molar-refractivity contribution in [2.75, 3.05) is 46.3 Å². The summed E-state index contributed by atoms with van der Waals surface area (Å²) in [5, 5.41) is 0. The average molecular weight is 287 g/mol.